The second-order valence-corrected chi connectivity index (χ2v) is 9.43. The first kappa shape index (κ1) is 24.6. The minimum absolute atomic E-state index is 0.255. The normalized spacial score (nSPS) is 11.3. The van der Waals surface area contributed by atoms with Gasteiger partial charge in [0, 0.05) is 0 Å². The molecule has 0 aliphatic heterocycles. The van der Waals surface area contributed by atoms with Crippen LogP contribution in [0.2, 0.25) is 0 Å². The molecule has 0 spiro atoms. The van der Waals surface area contributed by atoms with Crippen molar-refractivity contribution in [3.8, 4) is 28.4 Å². The molecule has 4 nitrogen and oxygen atoms in total. The number of unbranched alkanes of at least 4 members (excludes halogenated alkanes) is 3. The fourth-order valence-corrected chi connectivity index (χ4v) is 4.46. The van der Waals surface area contributed by atoms with E-state index in [2.05, 4.69) is 49.3 Å². The zero-order chi connectivity index (χ0) is 24.6. The van der Waals surface area contributed by atoms with Gasteiger partial charge >= 0.3 is 0 Å². The van der Waals surface area contributed by atoms with E-state index in [1.165, 1.54) is 30.4 Å². The molecular formula is C31H35NO3. The predicted octanol–water partition coefficient (Wildman–Crippen LogP) is 7.01. The third-order valence-electron chi connectivity index (χ3n) is 6.37. The molecule has 0 amide bonds. The maximum Gasteiger partial charge on any atom is 0.119 e. The average Bonchev–Trinajstić information content (AvgIpc) is 2.85. The molecule has 182 valence electrons. The molecule has 4 heteroatoms. The fraction of sp³-hybridized carbons (Fsp3) is 0.290. The number of hydrogen-bond acceptors (Lipinski definition) is 4. The maximum absolute atomic E-state index is 9.97. The Hall–Kier alpha value is -3.50. The van der Waals surface area contributed by atoms with Crippen LogP contribution in [-0.4, -0.2) is 42.4 Å². The van der Waals surface area contributed by atoms with Gasteiger partial charge in [-0.25, -0.2) is 0 Å². The highest BCUT2D eigenvalue weighted by molar-refractivity contribution is 5.93. The minimum atomic E-state index is 0.255. The number of hydrogen-bond donors (Lipinski definition) is 2. The van der Waals surface area contributed by atoms with Gasteiger partial charge in [-0.15, -0.1) is 0 Å². The molecule has 0 saturated heterocycles. The first-order valence-electron chi connectivity index (χ1n) is 12.4. The Labute approximate surface area is 208 Å². The molecular weight excluding hydrogens is 434 g/mol. The van der Waals surface area contributed by atoms with Crippen LogP contribution in [0.5, 0.6) is 17.2 Å². The van der Waals surface area contributed by atoms with E-state index in [1.54, 1.807) is 24.3 Å². The first-order valence-corrected chi connectivity index (χ1v) is 12.4. The molecule has 0 aromatic heterocycles. The van der Waals surface area contributed by atoms with E-state index in [-0.39, 0.29) is 11.5 Å². The molecule has 0 atom stereocenters. The second-order valence-electron chi connectivity index (χ2n) is 9.43. The summed E-state index contributed by atoms with van der Waals surface area (Å²) < 4.78 is 5.96. The second kappa shape index (κ2) is 11.8. The van der Waals surface area contributed by atoms with Crippen molar-refractivity contribution in [1.29, 1.82) is 0 Å². The van der Waals surface area contributed by atoms with Gasteiger partial charge in [0.15, 0.2) is 0 Å². The molecule has 0 aliphatic carbocycles. The van der Waals surface area contributed by atoms with E-state index < -0.39 is 0 Å². The lowest BCUT2D eigenvalue weighted by molar-refractivity contribution is 0.302. The molecule has 0 bridgehead atoms. The third kappa shape index (κ3) is 6.77. The number of benzene rings is 4. The SMILES string of the molecule is CN(C)CCCCCCOc1ccc(Cc2c(-c3ccc(O)cc3)ccc3cc(O)ccc23)cc1. The van der Waals surface area contributed by atoms with Crippen LogP contribution in [0.15, 0.2) is 78.9 Å². The number of nitrogens with zero attached hydrogens (tertiary/aromatic N) is 1. The Balaban J connectivity index is 1.46. The van der Waals surface area contributed by atoms with Crippen LogP contribution in [0, 0.1) is 0 Å². The van der Waals surface area contributed by atoms with Crippen molar-refractivity contribution >= 4 is 10.8 Å². The van der Waals surface area contributed by atoms with Gasteiger partial charge in [0.2, 0.25) is 0 Å². The summed E-state index contributed by atoms with van der Waals surface area (Å²) >= 11 is 0. The third-order valence-corrected chi connectivity index (χ3v) is 6.37. The molecule has 35 heavy (non-hydrogen) atoms. The molecule has 0 radical (unpaired) electrons. The van der Waals surface area contributed by atoms with Crippen molar-refractivity contribution in [3.63, 3.8) is 0 Å². The van der Waals surface area contributed by atoms with E-state index in [9.17, 15) is 10.2 Å². The van der Waals surface area contributed by atoms with Crippen LogP contribution in [0.25, 0.3) is 21.9 Å². The van der Waals surface area contributed by atoms with E-state index in [0.717, 1.165) is 53.6 Å². The van der Waals surface area contributed by atoms with Crippen LogP contribution in [0.3, 0.4) is 0 Å². The van der Waals surface area contributed by atoms with Crippen molar-refractivity contribution in [2.75, 3.05) is 27.2 Å². The fourth-order valence-electron chi connectivity index (χ4n) is 4.46. The summed E-state index contributed by atoms with van der Waals surface area (Å²) in [5.41, 5.74) is 4.57. The van der Waals surface area contributed by atoms with E-state index in [4.69, 9.17) is 4.74 Å². The summed E-state index contributed by atoms with van der Waals surface area (Å²) in [6.07, 6.45) is 5.51. The van der Waals surface area contributed by atoms with Crippen LogP contribution in [0.4, 0.5) is 0 Å². The van der Waals surface area contributed by atoms with Crippen molar-refractivity contribution in [2.24, 2.45) is 0 Å². The number of phenolic OH excluding ortho intramolecular Hbond substituents is 2. The number of phenols is 2. The molecule has 0 saturated carbocycles. The Morgan fingerprint density at radius 2 is 1.43 bits per heavy atom. The van der Waals surface area contributed by atoms with Crippen molar-refractivity contribution in [2.45, 2.75) is 32.1 Å². The number of ether oxygens (including phenoxy) is 1. The van der Waals surface area contributed by atoms with Gasteiger partial charge in [0.05, 0.1) is 6.61 Å². The van der Waals surface area contributed by atoms with E-state index in [0.29, 0.717) is 0 Å². The van der Waals surface area contributed by atoms with Gasteiger partial charge in [-0.2, -0.15) is 0 Å². The lowest BCUT2D eigenvalue weighted by Crippen LogP contribution is -2.12. The molecule has 0 heterocycles. The van der Waals surface area contributed by atoms with E-state index >= 15 is 0 Å². The zero-order valence-corrected chi connectivity index (χ0v) is 20.7. The summed E-state index contributed by atoms with van der Waals surface area (Å²) in [5.74, 6) is 1.42. The minimum Gasteiger partial charge on any atom is -0.508 e. The lowest BCUT2D eigenvalue weighted by atomic mass is 9.90. The number of rotatable bonds is 11. The van der Waals surface area contributed by atoms with Crippen LogP contribution in [-0.2, 0) is 6.42 Å². The highest BCUT2D eigenvalue weighted by Crippen LogP contribution is 2.34. The summed E-state index contributed by atoms with van der Waals surface area (Å²) in [6.45, 7) is 1.90. The van der Waals surface area contributed by atoms with Gasteiger partial charge in [-0.05, 0) is 109 Å². The smallest absolute Gasteiger partial charge is 0.119 e. The molecule has 0 unspecified atom stereocenters. The highest BCUT2D eigenvalue weighted by atomic mass is 16.5. The van der Waals surface area contributed by atoms with Crippen LogP contribution < -0.4 is 4.74 Å². The Morgan fingerprint density at radius 3 is 2.17 bits per heavy atom. The van der Waals surface area contributed by atoms with Gasteiger partial charge in [-0.1, -0.05) is 55.3 Å². The Morgan fingerprint density at radius 1 is 0.714 bits per heavy atom. The van der Waals surface area contributed by atoms with Gasteiger partial charge in [0.25, 0.3) is 0 Å². The van der Waals surface area contributed by atoms with Crippen molar-refractivity contribution in [3.05, 3.63) is 90.0 Å². The quantitative estimate of drug-likeness (QED) is 0.232. The van der Waals surface area contributed by atoms with Crippen LogP contribution in [0.1, 0.15) is 36.8 Å². The largest absolute Gasteiger partial charge is 0.508 e. The lowest BCUT2D eigenvalue weighted by Gasteiger charge is -2.15. The topological polar surface area (TPSA) is 52.9 Å². The summed E-state index contributed by atoms with van der Waals surface area (Å²) in [7, 11) is 4.23. The standard InChI is InChI=1S/C31H35NO3/c1-32(2)19-5-3-4-6-20-35-28-15-7-23(8-16-28)21-31-29(24-9-12-26(33)13-10-24)17-11-25-22-27(34)14-18-30(25)31/h7-18,22,33-34H,3-6,19-21H2,1-2H3. The summed E-state index contributed by atoms with van der Waals surface area (Å²) in [6, 6.07) is 25.4. The van der Waals surface area contributed by atoms with Crippen molar-refractivity contribution in [1.82, 2.24) is 4.90 Å². The van der Waals surface area contributed by atoms with Gasteiger partial charge < -0.3 is 19.8 Å². The number of fused-ring (bicyclic) bond motifs is 1. The Bertz CT molecular complexity index is 1230. The number of aromatic hydroxyl groups is 2. The average molecular weight is 470 g/mol. The molecule has 4 aromatic carbocycles. The van der Waals surface area contributed by atoms with Gasteiger partial charge in [0.1, 0.15) is 17.2 Å². The first-order chi connectivity index (χ1) is 17.0. The maximum atomic E-state index is 9.97. The zero-order valence-electron chi connectivity index (χ0n) is 20.7. The monoisotopic (exact) mass is 469 g/mol. The molecule has 0 aliphatic rings. The van der Waals surface area contributed by atoms with Gasteiger partial charge in [-0.3, -0.25) is 0 Å². The van der Waals surface area contributed by atoms with Crippen LogP contribution >= 0.6 is 0 Å². The molecule has 0 fully saturated rings. The molecule has 4 rings (SSSR count). The Kier molecular flexibility index (Phi) is 8.27. The van der Waals surface area contributed by atoms with E-state index in [1.807, 2.05) is 24.3 Å². The molecule has 2 N–H and O–H groups in total. The highest BCUT2D eigenvalue weighted by Gasteiger charge is 2.12. The summed E-state index contributed by atoms with van der Waals surface area (Å²) in [4.78, 5) is 2.23. The van der Waals surface area contributed by atoms with Crippen molar-refractivity contribution < 1.29 is 14.9 Å². The summed E-state index contributed by atoms with van der Waals surface area (Å²) in [5, 5.41) is 21.8. The predicted molar refractivity (Wildman–Crippen MR) is 144 cm³/mol. The molecule has 4 aromatic rings.